The second-order valence-corrected chi connectivity index (χ2v) is 8.15. The molecule has 5 heavy (non-hydrogen) atoms. The molecule has 0 bridgehead atoms. The maximum absolute atomic E-state index is 2.55. The van der Waals surface area contributed by atoms with E-state index < -0.39 is 0 Å². The van der Waals surface area contributed by atoms with Crippen LogP contribution < -0.4 is 0 Å². The van der Waals surface area contributed by atoms with Crippen LogP contribution in [0.25, 0.3) is 0 Å². The molecule has 0 N–H and O–H groups in total. The summed E-state index contributed by atoms with van der Waals surface area (Å²) < 4.78 is 5.05. The number of hydrogen-bond acceptors (Lipinski definition) is 0. The van der Waals surface area contributed by atoms with E-state index in [1.807, 2.05) is 0 Å². The molecule has 1 heterocycles. The Hall–Kier alpha value is 1.12. The number of rotatable bonds is 0. The van der Waals surface area contributed by atoms with Crippen molar-refractivity contribution >= 4 is 43.2 Å². The van der Waals surface area contributed by atoms with Gasteiger partial charge in [0.2, 0.25) is 0 Å². The van der Waals surface area contributed by atoms with Crippen molar-refractivity contribution in [2.75, 3.05) is 0 Å². The summed E-state index contributed by atoms with van der Waals surface area (Å²) in [5.74, 6) is 0. The van der Waals surface area contributed by atoms with Gasteiger partial charge in [0, 0.05) is 0 Å². The molecule has 0 saturated carbocycles. The molecule has 0 aliphatic carbocycles. The van der Waals surface area contributed by atoms with E-state index in [9.17, 15) is 0 Å². The Bertz CT molecular complexity index is 65.0. The fourth-order valence-electron chi connectivity index (χ4n) is 0.236. The molecule has 0 spiro atoms. The van der Waals surface area contributed by atoms with Gasteiger partial charge in [0.05, 0.1) is 0 Å². The van der Waals surface area contributed by atoms with Gasteiger partial charge in [-0.2, -0.15) is 0 Å². The van der Waals surface area contributed by atoms with E-state index in [4.69, 9.17) is 0 Å². The van der Waals surface area contributed by atoms with Crippen molar-refractivity contribution in [3.8, 4) is 0 Å². The van der Waals surface area contributed by atoms with Gasteiger partial charge in [-0.1, -0.05) is 0 Å². The Morgan fingerprint density at radius 1 is 1.80 bits per heavy atom. The summed E-state index contributed by atoms with van der Waals surface area (Å²) in [5.41, 5.74) is 0. The van der Waals surface area contributed by atoms with Crippen LogP contribution in [0.4, 0.5) is 0 Å². The molecular weight excluding hydrogens is 233 g/mol. The van der Waals surface area contributed by atoms with Crippen LogP contribution >= 0.6 is 0 Å². The van der Waals surface area contributed by atoms with Crippen LogP contribution in [0.3, 0.4) is 0 Å². The topological polar surface area (TPSA) is 0 Å². The molecule has 0 amide bonds. The van der Waals surface area contributed by atoms with E-state index in [1.165, 1.54) is 5.21 Å². The van der Waals surface area contributed by atoms with E-state index in [-0.39, 0.29) is 21.1 Å². The first-order valence-electron chi connectivity index (χ1n) is 1.50. The quantitative estimate of drug-likeness (QED) is 0.493. The molecule has 1 aliphatic heterocycles. The molecule has 0 fully saturated rings. The third-order valence-corrected chi connectivity index (χ3v) is 9.27. The van der Waals surface area contributed by atoms with Crippen LogP contribution in [0.2, 0.25) is 5.21 Å². The molecule has 0 aromatic carbocycles. The molecule has 26 valence electrons. The van der Waals surface area contributed by atoms with Gasteiger partial charge >= 0.3 is 48.4 Å². The third-order valence-electron chi connectivity index (χ3n) is 0.441. The van der Waals surface area contributed by atoms with Crippen molar-refractivity contribution in [2.45, 2.75) is 5.21 Å². The predicted octanol–water partition coefficient (Wildman–Crippen LogP) is -0.611. The summed E-state index contributed by atoms with van der Waals surface area (Å²) in [4.78, 5) is 0. The summed E-state index contributed by atoms with van der Waals surface area (Å²) >= 11 is 0.999. The SMILES string of the molecule is [CH]1=[As]C[CH]=[Sb]1. The molecule has 0 aromatic rings. The standard InChI is InChI=1S/C3H4As.Sb/c1-3-4-2;/h1-2H,3H2;. The summed E-state index contributed by atoms with van der Waals surface area (Å²) in [5, 5.41) is 1.48. The second kappa shape index (κ2) is 2.32. The molecule has 1 rings (SSSR count). The Morgan fingerprint density at radius 3 is 3.00 bits per heavy atom. The average molecular weight is 237 g/mol. The van der Waals surface area contributed by atoms with Crippen molar-refractivity contribution in [1.82, 2.24) is 0 Å². The molecule has 0 nitrogen and oxygen atoms in total. The van der Waals surface area contributed by atoms with Crippen molar-refractivity contribution in [1.29, 1.82) is 0 Å². The van der Waals surface area contributed by atoms with Crippen molar-refractivity contribution in [3.05, 3.63) is 0 Å². The minimum atomic E-state index is 0.258. The molecule has 0 aromatic heterocycles. The molecule has 1 aliphatic rings. The zero-order chi connectivity index (χ0) is 3.54. The molecule has 2 heteroatoms. The zero-order valence-electron chi connectivity index (χ0n) is 2.76. The molecular formula is C3H4AsSb. The van der Waals surface area contributed by atoms with Gasteiger partial charge in [-0.15, -0.1) is 0 Å². The average Bonchev–Trinajstić information content (AvgIpc) is 1.76. The first kappa shape index (κ1) is 4.28. The van der Waals surface area contributed by atoms with E-state index in [0.717, 1.165) is 15.3 Å². The van der Waals surface area contributed by atoms with Crippen LogP contribution in [0.5, 0.6) is 0 Å². The van der Waals surface area contributed by atoms with Crippen LogP contribution in [-0.4, -0.2) is 43.2 Å². The number of hydrogen-bond donors (Lipinski definition) is 0. The van der Waals surface area contributed by atoms with Crippen LogP contribution in [0.15, 0.2) is 0 Å². The van der Waals surface area contributed by atoms with Gasteiger partial charge in [-0.3, -0.25) is 0 Å². The van der Waals surface area contributed by atoms with Gasteiger partial charge < -0.3 is 0 Å². The fraction of sp³-hybridized carbons (Fsp3) is 0.333. The van der Waals surface area contributed by atoms with Crippen LogP contribution in [0.1, 0.15) is 0 Å². The predicted molar refractivity (Wildman–Crippen MR) is 28.4 cm³/mol. The van der Waals surface area contributed by atoms with Gasteiger partial charge in [0.15, 0.2) is 0 Å². The van der Waals surface area contributed by atoms with Crippen molar-refractivity contribution in [2.24, 2.45) is 0 Å². The molecule has 0 saturated heterocycles. The van der Waals surface area contributed by atoms with E-state index >= 15 is 0 Å². The van der Waals surface area contributed by atoms with Crippen molar-refractivity contribution in [3.63, 3.8) is 0 Å². The van der Waals surface area contributed by atoms with Crippen LogP contribution in [-0.2, 0) is 0 Å². The second-order valence-electron chi connectivity index (χ2n) is 0.812. The third kappa shape index (κ3) is 1.33. The first-order valence-corrected chi connectivity index (χ1v) is 6.86. The fourth-order valence-corrected chi connectivity index (χ4v) is 8.22. The van der Waals surface area contributed by atoms with E-state index in [1.54, 1.807) is 0 Å². The van der Waals surface area contributed by atoms with Crippen molar-refractivity contribution < 1.29 is 0 Å². The Kier molecular flexibility index (Phi) is 1.98. The summed E-state index contributed by atoms with van der Waals surface area (Å²) in [6, 6.07) is 0. The van der Waals surface area contributed by atoms with E-state index in [0.29, 0.717) is 0 Å². The van der Waals surface area contributed by atoms with Crippen LogP contribution in [0, 0.1) is 0 Å². The first-order chi connectivity index (χ1) is 2.50. The Morgan fingerprint density at radius 2 is 2.80 bits per heavy atom. The van der Waals surface area contributed by atoms with E-state index in [2.05, 4.69) is 6.70 Å². The normalized spacial score (nSPS) is 20.8. The minimum absolute atomic E-state index is 0.258. The van der Waals surface area contributed by atoms with Gasteiger partial charge in [-0.25, -0.2) is 0 Å². The zero-order valence-corrected chi connectivity index (χ0v) is 7.19. The van der Waals surface area contributed by atoms with Gasteiger partial charge in [0.25, 0.3) is 0 Å². The monoisotopic (exact) mass is 236 g/mol. The van der Waals surface area contributed by atoms with Gasteiger partial charge in [0.1, 0.15) is 0 Å². The summed E-state index contributed by atoms with van der Waals surface area (Å²) in [6.45, 7) is 0. The maximum atomic E-state index is 2.55. The summed E-state index contributed by atoms with van der Waals surface area (Å²) in [6.07, 6.45) is 0. The summed E-state index contributed by atoms with van der Waals surface area (Å²) in [7, 11) is 0. The Labute approximate surface area is 48.2 Å². The van der Waals surface area contributed by atoms with Gasteiger partial charge in [-0.05, 0) is 0 Å². The molecule has 0 unspecified atom stereocenters. The Balaban J connectivity index is 2.61. The molecule has 0 atom stereocenters. The molecule has 0 radical (unpaired) electrons.